The normalized spacial score (nSPS) is 14.9. The number of ether oxygens (including phenoxy) is 1. The van der Waals surface area contributed by atoms with Crippen LogP contribution < -0.4 is 10.1 Å². The number of hydrogen-bond donors (Lipinski definition) is 1. The molecule has 1 saturated heterocycles. The van der Waals surface area contributed by atoms with Crippen LogP contribution in [0, 0.1) is 0 Å². The van der Waals surface area contributed by atoms with Crippen LogP contribution in [-0.2, 0) is 17.8 Å². The Labute approximate surface area is 188 Å². The van der Waals surface area contributed by atoms with Gasteiger partial charge in [0.15, 0.2) is 0 Å². The van der Waals surface area contributed by atoms with Crippen molar-refractivity contribution in [2.75, 3.05) is 45.2 Å². The number of anilines is 1. The van der Waals surface area contributed by atoms with E-state index < -0.39 is 0 Å². The lowest BCUT2D eigenvalue weighted by Crippen LogP contribution is -2.48. The van der Waals surface area contributed by atoms with Crippen LogP contribution in [0.25, 0.3) is 11.4 Å². The van der Waals surface area contributed by atoms with Crippen molar-refractivity contribution in [2.45, 2.75) is 19.9 Å². The molecule has 2 aromatic carbocycles. The van der Waals surface area contributed by atoms with Crippen LogP contribution in [0.5, 0.6) is 5.75 Å². The van der Waals surface area contributed by atoms with E-state index in [2.05, 4.69) is 32.2 Å². The van der Waals surface area contributed by atoms with E-state index in [9.17, 15) is 4.79 Å². The Morgan fingerprint density at radius 2 is 1.78 bits per heavy atom. The minimum Gasteiger partial charge on any atom is -0.497 e. The Morgan fingerprint density at radius 3 is 2.50 bits per heavy atom. The number of aromatic nitrogens is 2. The lowest BCUT2D eigenvalue weighted by atomic mass is 10.1. The fraction of sp³-hybridized carbons (Fsp3) is 0.375. The molecule has 0 bridgehead atoms. The summed E-state index contributed by atoms with van der Waals surface area (Å²) >= 11 is 0. The van der Waals surface area contributed by atoms with Crippen LogP contribution in [0.2, 0.25) is 0 Å². The van der Waals surface area contributed by atoms with Gasteiger partial charge in [0.25, 0.3) is 0 Å². The third-order valence-corrected chi connectivity index (χ3v) is 5.68. The molecule has 0 saturated carbocycles. The van der Waals surface area contributed by atoms with Crippen molar-refractivity contribution >= 4 is 11.6 Å². The third-order valence-electron chi connectivity index (χ3n) is 5.68. The maximum Gasteiger partial charge on any atom is 0.241 e. The molecule has 0 atom stereocenters. The number of para-hydroxylation sites is 1. The predicted molar refractivity (Wildman–Crippen MR) is 122 cm³/mol. The standard InChI is InChI=1S/C24H29N5O3/c1-3-18-6-4-5-7-21(18)25-22(30)16-28-12-14-29(15-13-28)17-23-26-24(27-32-23)19-8-10-20(31-2)11-9-19/h4-11H,3,12-17H2,1-2H3,(H,25,30). The summed E-state index contributed by atoms with van der Waals surface area (Å²) in [5, 5.41) is 7.15. The summed E-state index contributed by atoms with van der Waals surface area (Å²) in [4.78, 5) is 21.5. The number of aryl methyl sites for hydroxylation is 1. The first-order valence-corrected chi connectivity index (χ1v) is 10.9. The second-order valence-electron chi connectivity index (χ2n) is 7.85. The molecule has 32 heavy (non-hydrogen) atoms. The van der Waals surface area contributed by atoms with Crippen molar-refractivity contribution in [3.63, 3.8) is 0 Å². The fourth-order valence-electron chi connectivity index (χ4n) is 3.82. The smallest absolute Gasteiger partial charge is 0.241 e. The van der Waals surface area contributed by atoms with E-state index in [1.165, 1.54) is 0 Å². The lowest BCUT2D eigenvalue weighted by molar-refractivity contribution is -0.117. The topological polar surface area (TPSA) is 83.7 Å². The number of nitrogens with one attached hydrogen (secondary N) is 1. The molecule has 8 nitrogen and oxygen atoms in total. The second-order valence-corrected chi connectivity index (χ2v) is 7.85. The molecule has 4 rings (SSSR count). The molecule has 0 unspecified atom stereocenters. The Balaban J connectivity index is 1.24. The average Bonchev–Trinajstić information content (AvgIpc) is 3.29. The third kappa shape index (κ3) is 5.52. The van der Waals surface area contributed by atoms with E-state index in [0.29, 0.717) is 24.8 Å². The Morgan fingerprint density at radius 1 is 1.06 bits per heavy atom. The van der Waals surface area contributed by atoms with Crippen LogP contribution in [-0.4, -0.2) is 65.7 Å². The highest BCUT2D eigenvalue weighted by atomic mass is 16.5. The van der Waals surface area contributed by atoms with E-state index in [0.717, 1.165) is 55.2 Å². The van der Waals surface area contributed by atoms with Crippen LogP contribution in [0.1, 0.15) is 18.4 Å². The first-order valence-electron chi connectivity index (χ1n) is 10.9. The van der Waals surface area contributed by atoms with Gasteiger partial charge in [0.2, 0.25) is 17.6 Å². The van der Waals surface area contributed by atoms with Crippen molar-refractivity contribution < 1.29 is 14.1 Å². The summed E-state index contributed by atoms with van der Waals surface area (Å²) in [6, 6.07) is 15.5. The first kappa shape index (κ1) is 22.0. The maximum atomic E-state index is 12.5. The molecule has 168 valence electrons. The van der Waals surface area contributed by atoms with E-state index >= 15 is 0 Å². The number of benzene rings is 2. The SMILES string of the molecule is CCc1ccccc1NC(=O)CN1CCN(Cc2nc(-c3ccc(OC)cc3)no2)CC1. The van der Waals surface area contributed by atoms with Crippen molar-refractivity contribution in [2.24, 2.45) is 0 Å². The van der Waals surface area contributed by atoms with Gasteiger partial charge in [-0.1, -0.05) is 30.3 Å². The Bertz CT molecular complexity index is 1030. The number of piperazine rings is 1. The second kappa shape index (κ2) is 10.4. The number of carbonyl (C=O) groups is 1. The molecule has 1 aliphatic rings. The van der Waals surface area contributed by atoms with Gasteiger partial charge < -0.3 is 14.6 Å². The molecule has 1 amide bonds. The van der Waals surface area contributed by atoms with Gasteiger partial charge in [0.05, 0.1) is 20.2 Å². The van der Waals surface area contributed by atoms with Gasteiger partial charge in [-0.05, 0) is 42.3 Å². The minimum atomic E-state index is 0.0281. The maximum absolute atomic E-state index is 12.5. The van der Waals surface area contributed by atoms with E-state index in [1.54, 1.807) is 7.11 Å². The zero-order valence-electron chi connectivity index (χ0n) is 18.6. The van der Waals surface area contributed by atoms with Gasteiger partial charge in [-0.15, -0.1) is 0 Å². The molecule has 0 aliphatic carbocycles. The monoisotopic (exact) mass is 435 g/mol. The van der Waals surface area contributed by atoms with Gasteiger partial charge in [0, 0.05) is 37.4 Å². The van der Waals surface area contributed by atoms with E-state index in [1.807, 2.05) is 48.5 Å². The predicted octanol–water partition coefficient (Wildman–Crippen LogP) is 3.06. The summed E-state index contributed by atoms with van der Waals surface area (Å²) in [6.07, 6.45) is 0.894. The molecule has 1 aliphatic heterocycles. The van der Waals surface area contributed by atoms with Crippen molar-refractivity contribution in [3.05, 3.63) is 60.0 Å². The summed E-state index contributed by atoms with van der Waals surface area (Å²) in [7, 11) is 1.64. The molecule has 8 heteroatoms. The highest BCUT2D eigenvalue weighted by Gasteiger charge is 2.21. The van der Waals surface area contributed by atoms with E-state index in [-0.39, 0.29) is 5.91 Å². The largest absolute Gasteiger partial charge is 0.497 e. The van der Waals surface area contributed by atoms with Crippen molar-refractivity contribution in [1.82, 2.24) is 19.9 Å². The van der Waals surface area contributed by atoms with Gasteiger partial charge in [0.1, 0.15) is 5.75 Å². The zero-order chi connectivity index (χ0) is 22.3. The van der Waals surface area contributed by atoms with Gasteiger partial charge in [-0.25, -0.2) is 0 Å². The summed E-state index contributed by atoms with van der Waals surface area (Å²) in [5.74, 6) is 1.99. The molecule has 1 N–H and O–H groups in total. The Kier molecular flexibility index (Phi) is 7.14. The summed E-state index contributed by atoms with van der Waals surface area (Å²) < 4.78 is 10.6. The molecule has 1 fully saturated rings. The Hall–Kier alpha value is -3.23. The number of amides is 1. The zero-order valence-corrected chi connectivity index (χ0v) is 18.6. The number of nitrogens with zero attached hydrogens (tertiary/aromatic N) is 4. The quantitative estimate of drug-likeness (QED) is 0.582. The molecule has 1 aromatic heterocycles. The van der Waals surface area contributed by atoms with Crippen LogP contribution >= 0.6 is 0 Å². The minimum absolute atomic E-state index is 0.0281. The molecule has 2 heterocycles. The lowest BCUT2D eigenvalue weighted by Gasteiger charge is -2.33. The van der Waals surface area contributed by atoms with Crippen molar-refractivity contribution in [3.8, 4) is 17.1 Å². The molecule has 0 spiro atoms. The average molecular weight is 436 g/mol. The molecular weight excluding hydrogens is 406 g/mol. The fourth-order valence-corrected chi connectivity index (χ4v) is 3.82. The van der Waals surface area contributed by atoms with Crippen molar-refractivity contribution in [1.29, 1.82) is 0 Å². The number of methoxy groups -OCH3 is 1. The summed E-state index contributed by atoms with van der Waals surface area (Å²) in [6.45, 7) is 6.43. The van der Waals surface area contributed by atoms with Crippen LogP contribution in [0.4, 0.5) is 5.69 Å². The summed E-state index contributed by atoms with van der Waals surface area (Å²) in [5.41, 5.74) is 2.95. The van der Waals surface area contributed by atoms with Gasteiger partial charge >= 0.3 is 0 Å². The highest BCUT2D eigenvalue weighted by Crippen LogP contribution is 2.20. The van der Waals surface area contributed by atoms with E-state index in [4.69, 9.17) is 9.26 Å². The number of hydrogen-bond acceptors (Lipinski definition) is 7. The number of carbonyl (C=O) groups excluding carboxylic acids is 1. The molecule has 3 aromatic rings. The van der Waals surface area contributed by atoms with Gasteiger partial charge in [-0.3, -0.25) is 14.6 Å². The first-order chi connectivity index (χ1) is 15.6. The molecule has 0 radical (unpaired) electrons. The highest BCUT2D eigenvalue weighted by molar-refractivity contribution is 5.93. The molecular formula is C24H29N5O3. The number of rotatable bonds is 8. The van der Waals surface area contributed by atoms with Crippen LogP contribution in [0.3, 0.4) is 0 Å². The van der Waals surface area contributed by atoms with Gasteiger partial charge in [-0.2, -0.15) is 4.98 Å². The van der Waals surface area contributed by atoms with Crippen LogP contribution in [0.15, 0.2) is 53.1 Å².